The number of nitrogens with zero attached hydrogens (tertiary/aromatic N) is 7. The summed E-state index contributed by atoms with van der Waals surface area (Å²) in [4.78, 5) is 25.3. The number of likely N-dealkylation sites (N-methyl/N-ethyl adjacent to an activating group) is 1. The van der Waals surface area contributed by atoms with Gasteiger partial charge in [0.2, 0.25) is 11.7 Å². The average Bonchev–Trinajstić information content (AvgIpc) is 3.04. The molecule has 3 aromatic rings. The lowest BCUT2D eigenvalue weighted by Crippen LogP contribution is -2.31. The van der Waals surface area contributed by atoms with Crippen molar-refractivity contribution in [1.29, 1.82) is 0 Å². The van der Waals surface area contributed by atoms with E-state index in [4.69, 9.17) is 4.52 Å². The fourth-order valence-corrected chi connectivity index (χ4v) is 3.08. The van der Waals surface area contributed by atoms with Crippen molar-refractivity contribution in [2.75, 3.05) is 38.1 Å². The van der Waals surface area contributed by atoms with Crippen LogP contribution in [0.1, 0.15) is 12.3 Å². The molecule has 1 fully saturated rings. The Labute approximate surface area is 156 Å². The largest absolute Gasteiger partial charge is 0.369 e. The molecule has 0 atom stereocenters. The van der Waals surface area contributed by atoms with Crippen molar-refractivity contribution in [1.82, 2.24) is 29.8 Å². The summed E-state index contributed by atoms with van der Waals surface area (Å²) >= 11 is 0. The molecule has 4 heterocycles. The van der Waals surface area contributed by atoms with Crippen molar-refractivity contribution in [2.45, 2.75) is 13.0 Å². The Morgan fingerprint density at radius 1 is 1.19 bits per heavy atom. The number of anilines is 1. The summed E-state index contributed by atoms with van der Waals surface area (Å²) in [6, 6.07) is 5.27. The monoisotopic (exact) mass is 367 g/mol. The lowest BCUT2D eigenvalue weighted by atomic mass is 10.3. The highest BCUT2D eigenvalue weighted by Crippen LogP contribution is 2.15. The van der Waals surface area contributed by atoms with Crippen LogP contribution in [0, 0.1) is 0 Å². The van der Waals surface area contributed by atoms with Gasteiger partial charge in [0.25, 0.3) is 5.56 Å². The minimum absolute atomic E-state index is 0.134. The van der Waals surface area contributed by atoms with Crippen LogP contribution in [-0.4, -0.2) is 63.0 Å². The van der Waals surface area contributed by atoms with Crippen LogP contribution >= 0.6 is 0 Å². The van der Waals surface area contributed by atoms with Crippen molar-refractivity contribution in [3.8, 4) is 11.4 Å². The number of hydrogen-bond acceptors (Lipinski definition) is 8. The third kappa shape index (κ3) is 4.03. The number of rotatable bonds is 4. The Balaban J connectivity index is 1.49. The molecule has 1 aliphatic heterocycles. The van der Waals surface area contributed by atoms with E-state index in [1.807, 2.05) is 6.07 Å². The Morgan fingerprint density at radius 3 is 2.93 bits per heavy atom. The van der Waals surface area contributed by atoms with Gasteiger partial charge in [0.1, 0.15) is 6.54 Å². The summed E-state index contributed by atoms with van der Waals surface area (Å²) in [7, 11) is 2.11. The molecule has 0 radical (unpaired) electrons. The Hall–Kier alpha value is -3.07. The summed E-state index contributed by atoms with van der Waals surface area (Å²) in [5.41, 5.74) is 1.42. The van der Waals surface area contributed by atoms with E-state index in [9.17, 15) is 4.79 Å². The first-order valence-corrected chi connectivity index (χ1v) is 8.93. The molecule has 1 aliphatic rings. The molecule has 0 amide bonds. The molecule has 0 saturated carbocycles. The number of aromatic nitrogens is 5. The molecular weight excluding hydrogens is 346 g/mol. The van der Waals surface area contributed by atoms with Crippen LogP contribution in [-0.2, 0) is 6.54 Å². The average molecular weight is 367 g/mol. The van der Waals surface area contributed by atoms with E-state index in [2.05, 4.69) is 37.1 Å². The molecule has 140 valence electrons. The summed E-state index contributed by atoms with van der Waals surface area (Å²) in [5.74, 6) is 0.768. The molecule has 9 nitrogen and oxygen atoms in total. The second-order valence-electron chi connectivity index (χ2n) is 6.61. The zero-order valence-electron chi connectivity index (χ0n) is 15.2. The van der Waals surface area contributed by atoms with Gasteiger partial charge in [0.05, 0.1) is 11.9 Å². The van der Waals surface area contributed by atoms with Gasteiger partial charge in [-0.25, -0.2) is 4.68 Å². The fraction of sp³-hybridized carbons (Fsp3) is 0.389. The van der Waals surface area contributed by atoms with Crippen molar-refractivity contribution >= 4 is 5.69 Å². The smallest absolute Gasteiger partial charge is 0.269 e. The summed E-state index contributed by atoms with van der Waals surface area (Å²) in [6.45, 7) is 3.99. The van der Waals surface area contributed by atoms with Crippen molar-refractivity contribution in [2.24, 2.45) is 0 Å². The highest BCUT2D eigenvalue weighted by molar-refractivity contribution is 5.51. The summed E-state index contributed by atoms with van der Waals surface area (Å²) < 4.78 is 6.58. The van der Waals surface area contributed by atoms with Gasteiger partial charge in [0, 0.05) is 43.7 Å². The van der Waals surface area contributed by atoms with E-state index in [1.165, 1.54) is 4.68 Å². The molecule has 0 aromatic carbocycles. The molecule has 0 N–H and O–H groups in total. The SMILES string of the molecule is CN1CCCN(c2cnn(Cc3nc(-c4cccnc4)no3)c(=O)c2)CC1. The van der Waals surface area contributed by atoms with Gasteiger partial charge in [-0.1, -0.05) is 5.16 Å². The number of pyridine rings is 1. The first-order chi connectivity index (χ1) is 13.2. The minimum atomic E-state index is -0.189. The molecular formula is C18H21N7O2. The predicted octanol–water partition coefficient (Wildman–Crippen LogP) is 0.878. The van der Waals surface area contributed by atoms with Gasteiger partial charge >= 0.3 is 0 Å². The molecule has 0 unspecified atom stereocenters. The first kappa shape index (κ1) is 17.3. The summed E-state index contributed by atoms with van der Waals surface area (Å²) in [5, 5.41) is 8.23. The third-order valence-electron chi connectivity index (χ3n) is 4.61. The van der Waals surface area contributed by atoms with Gasteiger partial charge < -0.3 is 14.3 Å². The van der Waals surface area contributed by atoms with Crippen LogP contribution in [0.5, 0.6) is 0 Å². The molecule has 4 rings (SSSR count). The van der Waals surface area contributed by atoms with E-state index in [-0.39, 0.29) is 12.1 Å². The highest BCUT2D eigenvalue weighted by atomic mass is 16.5. The second kappa shape index (κ2) is 7.67. The van der Waals surface area contributed by atoms with Gasteiger partial charge in [0.15, 0.2) is 0 Å². The third-order valence-corrected chi connectivity index (χ3v) is 4.61. The fourth-order valence-electron chi connectivity index (χ4n) is 3.08. The Morgan fingerprint density at radius 2 is 2.11 bits per heavy atom. The van der Waals surface area contributed by atoms with E-state index < -0.39 is 0 Å². The quantitative estimate of drug-likeness (QED) is 0.671. The standard InChI is InChI=1S/C18H21N7O2/c1-23-6-3-7-24(9-8-23)15-10-17(26)25(20-12-15)13-16-21-18(22-27-16)14-4-2-5-19-11-14/h2,4-5,10-12H,3,6-9,13H2,1H3. The van der Waals surface area contributed by atoms with Crippen LogP contribution in [0.25, 0.3) is 11.4 Å². The Bertz CT molecular complexity index is 954. The van der Waals surface area contributed by atoms with E-state index in [0.29, 0.717) is 11.7 Å². The van der Waals surface area contributed by atoms with Crippen molar-refractivity contribution in [3.05, 3.63) is 53.0 Å². The zero-order valence-corrected chi connectivity index (χ0v) is 15.2. The summed E-state index contributed by atoms with van der Waals surface area (Å²) in [6.07, 6.45) is 6.13. The maximum Gasteiger partial charge on any atom is 0.269 e. The van der Waals surface area contributed by atoms with Gasteiger partial charge in [-0.2, -0.15) is 10.1 Å². The van der Waals surface area contributed by atoms with Crippen molar-refractivity contribution < 1.29 is 4.52 Å². The van der Waals surface area contributed by atoms with Crippen LogP contribution in [0.2, 0.25) is 0 Å². The van der Waals surface area contributed by atoms with Crippen LogP contribution in [0.3, 0.4) is 0 Å². The molecule has 0 spiro atoms. The molecule has 9 heteroatoms. The first-order valence-electron chi connectivity index (χ1n) is 8.93. The molecule has 3 aromatic heterocycles. The Kier molecular flexibility index (Phi) is 4.93. The zero-order chi connectivity index (χ0) is 18.6. The molecule has 1 saturated heterocycles. The molecule has 0 aliphatic carbocycles. The van der Waals surface area contributed by atoms with Crippen LogP contribution in [0.4, 0.5) is 5.69 Å². The van der Waals surface area contributed by atoms with Crippen LogP contribution in [0.15, 0.2) is 46.1 Å². The minimum Gasteiger partial charge on any atom is -0.369 e. The lowest BCUT2D eigenvalue weighted by molar-refractivity contribution is 0.360. The van der Waals surface area contributed by atoms with E-state index in [1.54, 1.807) is 30.7 Å². The predicted molar refractivity (Wildman–Crippen MR) is 99.5 cm³/mol. The number of hydrogen-bond donors (Lipinski definition) is 0. The molecule has 0 bridgehead atoms. The normalized spacial score (nSPS) is 15.7. The van der Waals surface area contributed by atoms with Gasteiger partial charge in [-0.3, -0.25) is 9.78 Å². The van der Waals surface area contributed by atoms with E-state index >= 15 is 0 Å². The topological polar surface area (TPSA) is 93.2 Å². The van der Waals surface area contributed by atoms with Gasteiger partial charge in [-0.05, 0) is 32.1 Å². The highest BCUT2D eigenvalue weighted by Gasteiger charge is 2.15. The lowest BCUT2D eigenvalue weighted by Gasteiger charge is -2.22. The van der Waals surface area contributed by atoms with Crippen molar-refractivity contribution in [3.63, 3.8) is 0 Å². The van der Waals surface area contributed by atoms with Crippen LogP contribution < -0.4 is 10.5 Å². The van der Waals surface area contributed by atoms with E-state index in [0.717, 1.165) is 43.9 Å². The van der Waals surface area contributed by atoms with Gasteiger partial charge in [-0.15, -0.1) is 0 Å². The maximum absolute atomic E-state index is 12.5. The second-order valence-corrected chi connectivity index (χ2v) is 6.61. The molecule has 27 heavy (non-hydrogen) atoms. The maximum atomic E-state index is 12.5.